The topological polar surface area (TPSA) is 34.1 Å². The Hall–Kier alpha value is -0.120. The Morgan fingerprint density at radius 3 is 2.00 bits per heavy atom. The van der Waals surface area contributed by atoms with E-state index in [1.54, 1.807) is 0 Å². The van der Waals surface area contributed by atoms with E-state index in [-0.39, 0.29) is 11.3 Å². The van der Waals surface area contributed by atoms with Crippen LogP contribution in [0.3, 0.4) is 0 Å². The highest BCUT2D eigenvalue weighted by molar-refractivity contribution is 7.87. The maximum absolute atomic E-state index is 12.4. The smallest absolute Gasteiger partial charge is 0.195 e. The third kappa shape index (κ3) is 1.72. The van der Waals surface area contributed by atoms with Gasteiger partial charge in [0.05, 0.1) is 5.25 Å². The van der Waals surface area contributed by atoms with Gasteiger partial charge < -0.3 is 0 Å². The number of hydrogen-bond donors (Lipinski definition) is 0. The molecule has 0 aromatic rings. The molecule has 0 radical (unpaired) electrons. The van der Waals surface area contributed by atoms with E-state index in [0.29, 0.717) is 0 Å². The summed E-state index contributed by atoms with van der Waals surface area (Å²) >= 11 is 0. The highest BCUT2D eigenvalue weighted by atomic mass is 32.3. The molecular formula is C7H13FO2S. The molecule has 1 aliphatic carbocycles. The first-order chi connectivity index (χ1) is 4.75. The lowest BCUT2D eigenvalue weighted by atomic mass is 10.1. The van der Waals surface area contributed by atoms with E-state index in [0.717, 1.165) is 6.42 Å². The van der Waals surface area contributed by atoms with Crippen molar-refractivity contribution in [3.05, 3.63) is 0 Å². The summed E-state index contributed by atoms with van der Waals surface area (Å²) in [5.74, 6) is 0.0116. The average molecular weight is 180 g/mol. The fraction of sp³-hybridized carbons (Fsp3) is 1.00. The summed E-state index contributed by atoms with van der Waals surface area (Å²) in [6.45, 7) is 5.35. The van der Waals surface area contributed by atoms with Crippen molar-refractivity contribution in [3.8, 4) is 0 Å². The third-order valence-electron chi connectivity index (χ3n) is 2.60. The van der Waals surface area contributed by atoms with Gasteiger partial charge in [0, 0.05) is 0 Å². The van der Waals surface area contributed by atoms with Crippen LogP contribution in [0, 0.1) is 11.3 Å². The first-order valence-corrected chi connectivity index (χ1v) is 5.13. The second-order valence-corrected chi connectivity index (χ2v) is 5.67. The van der Waals surface area contributed by atoms with Gasteiger partial charge in [-0.3, -0.25) is 0 Å². The second-order valence-electron chi connectivity index (χ2n) is 3.98. The molecule has 0 aromatic carbocycles. The third-order valence-corrected chi connectivity index (χ3v) is 3.82. The van der Waals surface area contributed by atoms with E-state index in [2.05, 4.69) is 0 Å². The molecule has 2 atom stereocenters. The van der Waals surface area contributed by atoms with E-state index < -0.39 is 15.5 Å². The van der Waals surface area contributed by atoms with E-state index in [1.165, 1.54) is 6.92 Å². The Balaban J connectivity index is 2.67. The van der Waals surface area contributed by atoms with Crippen LogP contribution in [0.5, 0.6) is 0 Å². The largest absolute Gasteiger partial charge is 0.305 e. The Morgan fingerprint density at radius 2 is 1.91 bits per heavy atom. The number of halogens is 1. The lowest BCUT2D eigenvalue weighted by Gasteiger charge is -2.07. The highest BCUT2D eigenvalue weighted by Crippen LogP contribution is 2.55. The molecule has 0 aromatic heterocycles. The zero-order valence-corrected chi connectivity index (χ0v) is 7.78. The monoisotopic (exact) mass is 180 g/mol. The first-order valence-electron chi connectivity index (χ1n) is 3.68. The molecule has 66 valence electrons. The van der Waals surface area contributed by atoms with Crippen LogP contribution in [0.2, 0.25) is 0 Å². The number of rotatable bonds is 2. The predicted molar refractivity (Wildman–Crippen MR) is 41.4 cm³/mol. The standard InChI is InChI=1S/C7H13FO2S/c1-5(11(8,9)10)6-4-7(6,2)3/h5-6H,4H2,1-3H3. The molecule has 0 spiro atoms. The fourth-order valence-electron chi connectivity index (χ4n) is 1.51. The summed E-state index contributed by atoms with van der Waals surface area (Å²) in [6, 6.07) is 0. The molecule has 0 heterocycles. The molecule has 0 bridgehead atoms. The lowest BCUT2D eigenvalue weighted by Crippen LogP contribution is -2.17. The summed E-state index contributed by atoms with van der Waals surface area (Å²) in [5, 5.41) is -0.822. The SMILES string of the molecule is CC(C1CC1(C)C)S(=O)(=O)F. The van der Waals surface area contributed by atoms with E-state index in [4.69, 9.17) is 0 Å². The van der Waals surface area contributed by atoms with E-state index in [9.17, 15) is 12.3 Å². The molecule has 0 aliphatic heterocycles. The van der Waals surface area contributed by atoms with Crippen molar-refractivity contribution in [2.24, 2.45) is 11.3 Å². The lowest BCUT2D eigenvalue weighted by molar-refractivity contribution is 0.496. The van der Waals surface area contributed by atoms with Gasteiger partial charge in [-0.05, 0) is 24.7 Å². The molecule has 2 nitrogen and oxygen atoms in total. The van der Waals surface area contributed by atoms with Crippen LogP contribution in [0.15, 0.2) is 0 Å². The molecule has 0 amide bonds. The van der Waals surface area contributed by atoms with Crippen molar-refractivity contribution < 1.29 is 12.3 Å². The molecule has 0 N–H and O–H groups in total. The molecule has 11 heavy (non-hydrogen) atoms. The maximum Gasteiger partial charge on any atom is 0.305 e. The second kappa shape index (κ2) is 2.19. The van der Waals surface area contributed by atoms with Gasteiger partial charge in [-0.1, -0.05) is 13.8 Å². The van der Waals surface area contributed by atoms with Crippen LogP contribution in [-0.2, 0) is 10.2 Å². The minimum Gasteiger partial charge on any atom is -0.195 e. The Kier molecular flexibility index (Phi) is 1.78. The zero-order valence-electron chi connectivity index (χ0n) is 6.96. The molecule has 4 heteroatoms. The maximum atomic E-state index is 12.4. The average Bonchev–Trinajstić information content (AvgIpc) is 2.36. The first kappa shape index (κ1) is 8.97. The van der Waals surface area contributed by atoms with Crippen LogP contribution in [0.1, 0.15) is 27.2 Å². The normalized spacial score (nSPS) is 31.5. The van der Waals surface area contributed by atoms with Gasteiger partial charge in [-0.2, -0.15) is 8.42 Å². The summed E-state index contributed by atoms with van der Waals surface area (Å²) in [4.78, 5) is 0. The van der Waals surface area contributed by atoms with Crippen molar-refractivity contribution in [1.82, 2.24) is 0 Å². The zero-order chi connectivity index (χ0) is 8.86. The number of hydrogen-bond acceptors (Lipinski definition) is 2. The van der Waals surface area contributed by atoms with Gasteiger partial charge in [0.25, 0.3) is 0 Å². The summed E-state index contributed by atoms with van der Waals surface area (Å²) < 4.78 is 33.3. The van der Waals surface area contributed by atoms with Crippen molar-refractivity contribution in [2.45, 2.75) is 32.4 Å². The van der Waals surface area contributed by atoms with E-state index >= 15 is 0 Å². The highest BCUT2D eigenvalue weighted by Gasteiger charge is 2.52. The summed E-state index contributed by atoms with van der Waals surface area (Å²) in [5.41, 5.74) is 0.0264. The molecule has 1 fully saturated rings. The predicted octanol–water partition coefficient (Wildman–Crippen LogP) is 1.72. The molecule has 2 unspecified atom stereocenters. The van der Waals surface area contributed by atoms with Gasteiger partial charge in [0.15, 0.2) is 0 Å². The quantitative estimate of drug-likeness (QED) is 0.606. The van der Waals surface area contributed by atoms with Gasteiger partial charge in [-0.15, -0.1) is 3.89 Å². The van der Waals surface area contributed by atoms with Crippen molar-refractivity contribution in [2.75, 3.05) is 0 Å². The molecule has 1 rings (SSSR count). The Labute approximate surface area is 67.0 Å². The van der Waals surface area contributed by atoms with E-state index in [1.807, 2.05) is 13.8 Å². The summed E-state index contributed by atoms with van der Waals surface area (Å²) in [6.07, 6.45) is 0.817. The van der Waals surface area contributed by atoms with Crippen LogP contribution < -0.4 is 0 Å². The Morgan fingerprint density at radius 1 is 1.55 bits per heavy atom. The van der Waals surface area contributed by atoms with Gasteiger partial charge in [-0.25, -0.2) is 0 Å². The van der Waals surface area contributed by atoms with Crippen LogP contribution >= 0.6 is 0 Å². The molecular weight excluding hydrogens is 167 g/mol. The fourth-order valence-corrected chi connectivity index (χ4v) is 2.36. The molecule has 1 saturated carbocycles. The van der Waals surface area contributed by atoms with Crippen molar-refractivity contribution >= 4 is 10.2 Å². The molecule has 1 aliphatic rings. The van der Waals surface area contributed by atoms with Gasteiger partial charge >= 0.3 is 10.2 Å². The summed E-state index contributed by atoms with van der Waals surface area (Å²) in [7, 11) is -4.31. The van der Waals surface area contributed by atoms with Crippen LogP contribution in [0.4, 0.5) is 3.89 Å². The van der Waals surface area contributed by atoms with Crippen molar-refractivity contribution in [1.29, 1.82) is 0 Å². The van der Waals surface area contributed by atoms with Crippen LogP contribution in [-0.4, -0.2) is 13.7 Å². The van der Waals surface area contributed by atoms with Crippen molar-refractivity contribution in [3.63, 3.8) is 0 Å². The van der Waals surface area contributed by atoms with Gasteiger partial charge in [0.1, 0.15) is 0 Å². The Bertz CT molecular complexity index is 256. The van der Waals surface area contributed by atoms with Crippen LogP contribution in [0.25, 0.3) is 0 Å². The minimum absolute atomic E-state index is 0.0116. The molecule has 0 saturated heterocycles. The minimum atomic E-state index is -4.31. The van der Waals surface area contributed by atoms with Gasteiger partial charge in [0.2, 0.25) is 0 Å².